The maximum Gasteiger partial charge on any atom is 0.359 e. The standard InChI is InChI=1S/C27H52N2O3/c1-4-5-6-7-8-9-10-11-12-13-14-15-16-17-18-19-20-22-26(30)28-23-21-24-29(2,3)25-27(31)32/h17-18H,4-16,19-25H2,1-3H3,(H-,28,30,31,32)/p+1/b18-17-. The number of amides is 1. The normalized spacial score (nSPS) is 11.8. The molecule has 0 aromatic rings. The molecule has 5 heteroatoms. The summed E-state index contributed by atoms with van der Waals surface area (Å²) in [6.07, 6.45) is 25.5. The number of allylic oxidation sites excluding steroid dienone is 2. The molecule has 0 atom stereocenters. The van der Waals surface area contributed by atoms with Crippen molar-refractivity contribution in [1.29, 1.82) is 0 Å². The third kappa shape index (κ3) is 23.3. The molecule has 0 aromatic carbocycles. The van der Waals surface area contributed by atoms with Crippen molar-refractivity contribution >= 4 is 11.9 Å². The predicted molar refractivity (Wildman–Crippen MR) is 136 cm³/mol. The van der Waals surface area contributed by atoms with Crippen molar-refractivity contribution < 1.29 is 19.2 Å². The van der Waals surface area contributed by atoms with Crippen LogP contribution in [0.3, 0.4) is 0 Å². The number of hydrogen-bond acceptors (Lipinski definition) is 2. The molecule has 32 heavy (non-hydrogen) atoms. The number of carbonyl (C=O) groups excluding carboxylic acids is 1. The van der Waals surface area contributed by atoms with Gasteiger partial charge in [-0.15, -0.1) is 0 Å². The lowest BCUT2D eigenvalue weighted by Gasteiger charge is -2.27. The monoisotopic (exact) mass is 453 g/mol. The Morgan fingerprint density at radius 3 is 1.78 bits per heavy atom. The largest absolute Gasteiger partial charge is 0.477 e. The molecule has 0 aromatic heterocycles. The lowest BCUT2D eigenvalue weighted by Crippen LogP contribution is -2.45. The molecule has 0 rings (SSSR count). The van der Waals surface area contributed by atoms with Gasteiger partial charge in [0.25, 0.3) is 0 Å². The fourth-order valence-electron chi connectivity index (χ4n) is 3.99. The summed E-state index contributed by atoms with van der Waals surface area (Å²) in [5, 5.41) is 11.8. The van der Waals surface area contributed by atoms with Gasteiger partial charge in [0.2, 0.25) is 5.91 Å². The highest BCUT2D eigenvalue weighted by atomic mass is 16.4. The van der Waals surface area contributed by atoms with Gasteiger partial charge in [-0.05, 0) is 25.7 Å². The van der Waals surface area contributed by atoms with Crippen LogP contribution >= 0.6 is 0 Å². The van der Waals surface area contributed by atoms with Gasteiger partial charge in [-0.2, -0.15) is 0 Å². The van der Waals surface area contributed by atoms with Gasteiger partial charge in [0, 0.05) is 19.4 Å². The molecule has 0 saturated carbocycles. The number of carbonyl (C=O) groups is 2. The summed E-state index contributed by atoms with van der Waals surface area (Å²) in [7, 11) is 3.80. The van der Waals surface area contributed by atoms with Crippen molar-refractivity contribution in [2.75, 3.05) is 33.7 Å². The number of rotatable bonds is 23. The van der Waals surface area contributed by atoms with E-state index in [4.69, 9.17) is 5.11 Å². The van der Waals surface area contributed by atoms with E-state index in [1.54, 1.807) is 0 Å². The van der Waals surface area contributed by atoms with E-state index in [1.807, 2.05) is 14.1 Å². The van der Waals surface area contributed by atoms with Crippen molar-refractivity contribution in [2.45, 2.75) is 116 Å². The maximum absolute atomic E-state index is 11.9. The topological polar surface area (TPSA) is 66.4 Å². The SMILES string of the molecule is CCCCCCCCCCCCCC/C=C\CCCC(=O)NCCC[N+](C)(C)CC(=O)O. The van der Waals surface area contributed by atoms with E-state index in [9.17, 15) is 9.59 Å². The molecule has 5 nitrogen and oxygen atoms in total. The van der Waals surface area contributed by atoms with Crippen LogP contribution in [0, 0.1) is 0 Å². The molecule has 0 aliphatic rings. The molecule has 0 spiro atoms. The summed E-state index contributed by atoms with van der Waals surface area (Å²) in [5.74, 6) is -0.686. The Balaban J connectivity index is 3.38. The summed E-state index contributed by atoms with van der Waals surface area (Å²) in [6.45, 7) is 3.75. The lowest BCUT2D eigenvalue weighted by molar-refractivity contribution is -0.883. The Kier molecular flexibility index (Phi) is 20.6. The summed E-state index contributed by atoms with van der Waals surface area (Å²) in [5.41, 5.74) is 0. The third-order valence-corrected chi connectivity index (χ3v) is 5.99. The number of unbranched alkanes of at least 4 members (excludes halogenated alkanes) is 13. The Hall–Kier alpha value is -1.36. The fraction of sp³-hybridized carbons (Fsp3) is 0.852. The highest BCUT2D eigenvalue weighted by Gasteiger charge is 2.18. The van der Waals surface area contributed by atoms with E-state index in [1.165, 1.54) is 77.0 Å². The van der Waals surface area contributed by atoms with E-state index in [0.29, 0.717) is 17.4 Å². The molecule has 0 aliphatic carbocycles. The number of hydrogen-bond donors (Lipinski definition) is 2. The van der Waals surface area contributed by atoms with Crippen molar-refractivity contribution in [2.24, 2.45) is 0 Å². The van der Waals surface area contributed by atoms with Gasteiger partial charge in [0.15, 0.2) is 6.54 Å². The van der Waals surface area contributed by atoms with Crippen molar-refractivity contribution in [3.8, 4) is 0 Å². The minimum Gasteiger partial charge on any atom is -0.477 e. The average molecular weight is 454 g/mol. The van der Waals surface area contributed by atoms with E-state index in [0.717, 1.165) is 32.2 Å². The van der Waals surface area contributed by atoms with Crippen molar-refractivity contribution in [3.63, 3.8) is 0 Å². The molecule has 0 heterocycles. The minimum absolute atomic E-state index is 0.0999. The quantitative estimate of drug-likeness (QED) is 0.106. The number of aliphatic carboxylic acids is 1. The van der Waals surface area contributed by atoms with Crippen molar-refractivity contribution in [1.82, 2.24) is 5.32 Å². The first-order chi connectivity index (χ1) is 15.4. The average Bonchev–Trinajstić information content (AvgIpc) is 2.72. The molecule has 0 saturated heterocycles. The Labute approximate surface area is 198 Å². The van der Waals surface area contributed by atoms with Crippen LogP contribution in [0.25, 0.3) is 0 Å². The first-order valence-corrected chi connectivity index (χ1v) is 13.3. The summed E-state index contributed by atoms with van der Waals surface area (Å²) in [4.78, 5) is 22.7. The molecule has 0 bridgehead atoms. The maximum atomic E-state index is 11.9. The number of likely N-dealkylation sites (N-methyl/N-ethyl adjacent to an activating group) is 1. The molecular formula is C27H53N2O3+. The second-order valence-corrected chi connectivity index (χ2v) is 9.96. The minimum atomic E-state index is -0.786. The molecule has 2 N–H and O–H groups in total. The predicted octanol–water partition coefficient (Wildman–Crippen LogP) is 6.47. The molecule has 0 fully saturated rings. The Bertz CT molecular complexity index is 489. The summed E-state index contributed by atoms with van der Waals surface area (Å²) >= 11 is 0. The van der Waals surface area contributed by atoms with Gasteiger partial charge in [-0.25, -0.2) is 4.79 Å². The number of carboxylic acids is 1. The highest BCUT2D eigenvalue weighted by Crippen LogP contribution is 2.12. The third-order valence-electron chi connectivity index (χ3n) is 5.99. The zero-order valence-electron chi connectivity index (χ0n) is 21.5. The molecule has 1 amide bonds. The van der Waals surface area contributed by atoms with Crippen LogP contribution in [-0.4, -0.2) is 55.2 Å². The van der Waals surface area contributed by atoms with Gasteiger partial charge >= 0.3 is 5.97 Å². The Morgan fingerprint density at radius 1 is 0.750 bits per heavy atom. The number of nitrogens with zero attached hydrogens (tertiary/aromatic N) is 1. The highest BCUT2D eigenvalue weighted by molar-refractivity contribution is 5.75. The fourth-order valence-corrected chi connectivity index (χ4v) is 3.99. The first kappa shape index (κ1) is 30.6. The molecular weight excluding hydrogens is 400 g/mol. The van der Waals surface area contributed by atoms with E-state index >= 15 is 0 Å². The first-order valence-electron chi connectivity index (χ1n) is 13.3. The molecule has 0 unspecified atom stereocenters. The van der Waals surface area contributed by atoms with Crippen LogP contribution in [0.15, 0.2) is 12.2 Å². The van der Waals surface area contributed by atoms with E-state index in [-0.39, 0.29) is 12.5 Å². The number of quaternary nitrogens is 1. The smallest absolute Gasteiger partial charge is 0.359 e. The second kappa shape index (κ2) is 21.5. The number of carboxylic acid groups (broad SMARTS) is 1. The molecule has 0 radical (unpaired) electrons. The summed E-state index contributed by atoms with van der Waals surface area (Å²) < 4.78 is 0.440. The van der Waals surface area contributed by atoms with Crippen LogP contribution in [0.1, 0.15) is 116 Å². The van der Waals surface area contributed by atoms with Gasteiger partial charge in [0.1, 0.15) is 0 Å². The van der Waals surface area contributed by atoms with Crippen LogP contribution in [-0.2, 0) is 9.59 Å². The van der Waals surface area contributed by atoms with Crippen LogP contribution in [0.5, 0.6) is 0 Å². The van der Waals surface area contributed by atoms with Gasteiger partial charge < -0.3 is 14.9 Å². The van der Waals surface area contributed by atoms with Gasteiger partial charge in [-0.1, -0.05) is 89.7 Å². The zero-order chi connectivity index (χ0) is 23.9. The van der Waals surface area contributed by atoms with Crippen LogP contribution in [0.4, 0.5) is 0 Å². The summed E-state index contributed by atoms with van der Waals surface area (Å²) in [6, 6.07) is 0. The lowest BCUT2D eigenvalue weighted by atomic mass is 10.0. The Morgan fingerprint density at radius 2 is 1.25 bits per heavy atom. The van der Waals surface area contributed by atoms with E-state index < -0.39 is 5.97 Å². The zero-order valence-corrected chi connectivity index (χ0v) is 21.5. The molecule has 188 valence electrons. The van der Waals surface area contributed by atoms with Gasteiger partial charge in [0.05, 0.1) is 20.6 Å². The van der Waals surface area contributed by atoms with Crippen LogP contribution in [0.2, 0.25) is 0 Å². The van der Waals surface area contributed by atoms with Crippen LogP contribution < -0.4 is 5.32 Å². The van der Waals surface area contributed by atoms with E-state index in [2.05, 4.69) is 24.4 Å². The van der Waals surface area contributed by atoms with Crippen molar-refractivity contribution in [3.05, 3.63) is 12.2 Å². The molecule has 0 aliphatic heterocycles. The second-order valence-electron chi connectivity index (χ2n) is 9.96. The van der Waals surface area contributed by atoms with Gasteiger partial charge in [-0.3, -0.25) is 4.79 Å². The number of nitrogens with one attached hydrogen (secondary N) is 1.